The SMILES string of the molecule is COc1cc(NC2CCCCC2C)c(F)cc1[N+](=O)[O-]. The van der Waals surface area contributed by atoms with E-state index < -0.39 is 10.7 Å². The van der Waals surface area contributed by atoms with Crippen LogP contribution < -0.4 is 10.1 Å². The van der Waals surface area contributed by atoms with Gasteiger partial charge in [-0.05, 0) is 18.8 Å². The number of benzene rings is 1. The van der Waals surface area contributed by atoms with Crippen LogP contribution >= 0.6 is 0 Å². The Morgan fingerprint density at radius 2 is 2.10 bits per heavy atom. The lowest BCUT2D eigenvalue weighted by Crippen LogP contribution is -2.30. The lowest BCUT2D eigenvalue weighted by molar-refractivity contribution is -0.385. The molecular weight excluding hydrogens is 263 g/mol. The van der Waals surface area contributed by atoms with Crippen molar-refractivity contribution in [3.63, 3.8) is 0 Å². The van der Waals surface area contributed by atoms with Crippen molar-refractivity contribution < 1.29 is 14.1 Å². The Morgan fingerprint density at radius 1 is 1.40 bits per heavy atom. The van der Waals surface area contributed by atoms with Gasteiger partial charge in [-0.15, -0.1) is 0 Å². The van der Waals surface area contributed by atoms with Crippen molar-refractivity contribution in [3.8, 4) is 5.75 Å². The highest BCUT2D eigenvalue weighted by molar-refractivity contribution is 5.59. The molecule has 1 saturated carbocycles. The van der Waals surface area contributed by atoms with Crippen LogP contribution in [0.3, 0.4) is 0 Å². The summed E-state index contributed by atoms with van der Waals surface area (Å²) in [4.78, 5) is 10.2. The highest BCUT2D eigenvalue weighted by Gasteiger charge is 2.24. The Bertz CT molecular complexity index is 507. The van der Waals surface area contributed by atoms with Gasteiger partial charge >= 0.3 is 5.69 Å². The molecule has 2 atom stereocenters. The fourth-order valence-electron chi connectivity index (χ4n) is 2.69. The summed E-state index contributed by atoms with van der Waals surface area (Å²) >= 11 is 0. The number of halogens is 1. The first-order chi connectivity index (χ1) is 9.52. The summed E-state index contributed by atoms with van der Waals surface area (Å²) in [5.41, 5.74) is -0.0848. The van der Waals surface area contributed by atoms with E-state index in [9.17, 15) is 14.5 Å². The number of ether oxygens (including phenoxy) is 1. The van der Waals surface area contributed by atoms with E-state index in [-0.39, 0.29) is 23.2 Å². The molecule has 0 amide bonds. The van der Waals surface area contributed by atoms with Gasteiger partial charge < -0.3 is 10.1 Å². The second-order valence-corrected chi connectivity index (χ2v) is 5.27. The van der Waals surface area contributed by atoms with Crippen molar-refractivity contribution in [1.82, 2.24) is 0 Å². The molecule has 1 aliphatic rings. The van der Waals surface area contributed by atoms with Crippen molar-refractivity contribution in [1.29, 1.82) is 0 Å². The van der Waals surface area contributed by atoms with Gasteiger partial charge in [0.15, 0.2) is 11.6 Å². The van der Waals surface area contributed by atoms with Crippen LogP contribution in [0, 0.1) is 21.8 Å². The third-order valence-corrected chi connectivity index (χ3v) is 3.92. The van der Waals surface area contributed by atoms with E-state index >= 15 is 0 Å². The molecule has 2 rings (SSSR count). The Labute approximate surface area is 117 Å². The second-order valence-electron chi connectivity index (χ2n) is 5.27. The minimum atomic E-state index is -0.644. The van der Waals surface area contributed by atoms with E-state index in [1.165, 1.54) is 19.6 Å². The molecule has 1 aliphatic carbocycles. The number of nitrogens with one attached hydrogen (secondary N) is 1. The van der Waals surface area contributed by atoms with Crippen LogP contribution in [0.1, 0.15) is 32.6 Å². The maximum atomic E-state index is 14.0. The quantitative estimate of drug-likeness (QED) is 0.675. The van der Waals surface area contributed by atoms with Gasteiger partial charge in [0.25, 0.3) is 0 Å². The zero-order chi connectivity index (χ0) is 14.7. The van der Waals surface area contributed by atoms with E-state index in [0.717, 1.165) is 25.3 Å². The molecule has 1 N–H and O–H groups in total. The Balaban J connectivity index is 2.25. The van der Waals surface area contributed by atoms with Crippen molar-refractivity contribution in [3.05, 3.63) is 28.1 Å². The van der Waals surface area contributed by atoms with Crippen LogP contribution in [0.4, 0.5) is 15.8 Å². The molecule has 0 saturated heterocycles. The third kappa shape index (κ3) is 3.00. The highest BCUT2D eigenvalue weighted by Crippen LogP contribution is 2.34. The topological polar surface area (TPSA) is 64.4 Å². The number of methoxy groups -OCH3 is 1. The Morgan fingerprint density at radius 3 is 2.70 bits per heavy atom. The molecule has 20 heavy (non-hydrogen) atoms. The zero-order valence-electron chi connectivity index (χ0n) is 11.7. The summed E-state index contributed by atoms with van der Waals surface area (Å²) in [7, 11) is 1.34. The predicted octanol–water partition coefficient (Wildman–Crippen LogP) is 3.73. The van der Waals surface area contributed by atoms with E-state index in [1.54, 1.807) is 0 Å². The fraction of sp³-hybridized carbons (Fsp3) is 0.571. The molecule has 6 heteroatoms. The summed E-state index contributed by atoms with van der Waals surface area (Å²) in [6.45, 7) is 2.14. The van der Waals surface area contributed by atoms with Gasteiger partial charge in [0.2, 0.25) is 0 Å². The molecule has 0 aliphatic heterocycles. The van der Waals surface area contributed by atoms with Crippen LogP contribution in [0.5, 0.6) is 5.75 Å². The van der Waals surface area contributed by atoms with Crippen LogP contribution in [0.2, 0.25) is 0 Å². The second kappa shape index (κ2) is 6.07. The van der Waals surface area contributed by atoms with Gasteiger partial charge in [-0.3, -0.25) is 10.1 Å². The molecule has 0 spiro atoms. The van der Waals surface area contributed by atoms with Crippen LogP contribution in [0.25, 0.3) is 0 Å². The molecule has 1 aromatic rings. The fourth-order valence-corrected chi connectivity index (χ4v) is 2.69. The zero-order valence-corrected chi connectivity index (χ0v) is 11.7. The molecule has 110 valence electrons. The molecule has 0 heterocycles. The number of nitro groups is 1. The first-order valence-electron chi connectivity index (χ1n) is 6.81. The number of anilines is 1. The number of hydrogen-bond donors (Lipinski definition) is 1. The van der Waals surface area contributed by atoms with E-state index in [4.69, 9.17) is 4.74 Å². The standard InChI is InChI=1S/C14H19FN2O3/c1-9-5-3-4-6-11(9)16-12-8-14(20-2)13(17(18)19)7-10(12)15/h7-9,11,16H,3-6H2,1-2H3. The van der Waals surface area contributed by atoms with Gasteiger partial charge in [0, 0.05) is 12.1 Å². The maximum absolute atomic E-state index is 14.0. The van der Waals surface area contributed by atoms with Gasteiger partial charge in [-0.1, -0.05) is 19.8 Å². The molecule has 0 aromatic heterocycles. The molecule has 5 nitrogen and oxygen atoms in total. The summed E-state index contributed by atoms with van der Waals surface area (Å²) < 4.78 is 19.0. The first-order valence-corrected chi connectivity index (χ1v) is 6.81. The Kier molecular flexibility index (Phi) is 4.42. The minimum Gasteiger partial charge on any atom is -0.490 e. The normalized spacial score (nSPS) is 22.4. The van der Waals surface area contributed by atoms with Crippen molar-refractivity contribution in [2.75, 3.05) is 12.4 Å². The van der Waals surface area contributed by atoms with Crippen molar-refractivity contribution in [2.45, 2.75) is 38.6 Å². The van der Waals surface area contributed by atoms with Gasteiger partial charge in [0.1, 0.15) is 0 Å². The summed E-state index contributed by atoms with van der Waals surface area (Å²) in [6, 6.07) is 2.48. The number of nitro benzene ring substituents is 1. The smallest absolute Gasteiger partial charge is 0.313 e. The maximum Gasteiger partial charge on any atom is 0.313 e. The number of nitrogens with zero attached hydrogens (tertiary/aromatic N) is 1. The lowest BCUT2D eigenvalue weighted by Gasteiger charge is -2.30. The van der Waals surface area contributed by atoms with Crippen molar-refractivity contribution >= 4 is 11.4 Å². The molecule has 2 unspecified atom stereocenters. The van der Waals surface area contributed by atoms with E-state index in [1.807, 2.05) is 0 Å². The monoisotopic (exact) mass is 282 g/mol. The number of hydrogen-bond acceptors (Lipinski definition) is 4. The summed E-state index contributed by atoms with van der Waals surface area (Å²) in [5, 5.41) is 14.0. The predicted molar refractivity (Wildman–Crippen MR) is 74.6 cm³/mol. The molecule has 1 aromatic carbocycles. The van der Waals surface area contributed by atoms with Crippen LogP contribution in [-0.4, -0.2) is 18.1 Å². The van der Waals surface area contributed by atoms with Gasteiger partial charge in [-0.25, -0.2) is 4.39 Å². The van der Waals surface area contributed by atoms with E-state index in [2.05, 4.69) is 12.2 Å². The van der Waals surface area contributed by atoms with Gasteiger partial charge in [0.05, 0.1) is 23.8 Å². The lowest BCUT2D eigenvalue weighted by atomic mass is 9.86. The van der Waals surface area contributed by atoms with Gasteiger partial charge in [-0.2, -0.15) is 0 Å². The van der Waals surface area contributed by atoms with Crippen LogP contribution in [0.15, 0.2) is 12.1 Å². The third-order valence-electron chi connectivity index (χ3n) is 3.92. The molecular formula is C14H19FN2O3. The number of rotatable bonds is 4. The Hall–Kier alpha value is -1.85. The molecule has 0 radical (unpaired) electrons. The molecule has 0 bridgehead atoms. The minimum absolute atomic E-state index is 0.0716. The van der Waals surface area contributed by atoms with Crippen molar-refractivity contribution in [2.24, 2.45) is 5.92 Å². The van der Waals surface area contributed by atoms with Crippen LogP contribution in [-0.2, 0) is 0 Å². The largest absolute Gasteiger partial charge is 0.490 e. The summed E-state index contributed by atoms with van der Waals surface area (Å²) in [5.74, 6) is -0.0815. The molecule has 1 fully saturated rings. The summed E-state index contributed by atoms with van der Waals surface area (Å²) in [6.07, 6.45) is 4.42. The average molecular weight is 282 g/mol. The first kappa shape index (κ1) is 14.6. The average Bonchev–Trinajstić information content (AvgIpc) is 2.42. The highest BCUT2D eigenvalue weighted by atomic mass is 19.1. The van der Waals surface area contributed by atoms with E-state index in [0.29, 0.717) is 5.92 Å².